The molecule has 1 amide bonds. The Labute approximate surface area is 159 Å². The summed E-state index contributed by atoms with van der Waals surface area (Å²) in [5, 5.41) is 0.146. The van der Waals surface area contributed by atoms with Crippen LogP contribution in [0, 0.1) is 5.41 Å². The van der Waals surface area contributed by atoms with Crippen molar-refractivity contribution in [1.82, 2.24) is 4.90 Å². The van der Waals surface area contributed by atoms with Crippen LogP contribution in [0.15, 0.2) is 0 Å². The van der Waals surface area contributed by atoms with Crippen molar-refractivity contribution in [1.29, 1.82) is 0 Å². The molecule has 1 saturated carbocycles. The molecule has 0 aromatic carbocycles. The maximum atomic E-state index is 12.2. The standard InChI is InChI=1S/C19H33NO5S/c1-18(2,3)25-17(22)20-12-19(4,13-20)10-9-16(21)24-14-7-6-8-15(11-14)26(5)23/h14-15H,6-13H2,1-5H3. The topological polar surface area (TPSA) is 72.9 Å². The molecular weight excluding hydrogens is 354 g/mol. The van der Waals surface area contributed by atoms with Gasteiger partial charge in [-0.05, 0) is 52.9 Å². The number of carbonyl (C=O) groups is 2. The molecule has 2 rings (SSSR count). The van der Waals surface area contributed by atoms with Crippen LogP contribution in [0.2, 0.25) is 0 Å². The molecule has 0 bridgehead atoms. The summed E-state index contributed by atoms with van der Waals surface area (Å²) in [6, 6.07) is 0. The van der Waals surface area contributed by atoms with Crippen LogP contribution in [0.5, 0.6) is 0 Å². The van der Waals surface area contributed by atoms with Gasteiger partial charge in [-0.25, -0.2) is 4.79 Å². The molecule has 0 aromatic rings. The number of hydrogen-bond donors (Lipinski definition) is 0. The summed E-state index contributed by atoms with van der Waals surface area (Å²) in [5.74, 6) is -0.186. The third kappa shape index (κ3) is 6.25. The molecule has 1 heterocycles. The van der Waals surface area contributed by atoms with Crippen molar-refractivity contribution in [2.75, 3.05) is 19.3 Å². The van der Waals surface area contributed by atoms with Crippen molar-refractivity contribution < 1.29 is 23.3 Å². The zero-order valence-electron chi connectivity index (χ0n) is 16.7. The zero-order chi connectivity index (χ0) is 19.5. The lowest BCUT2D eigenvalue weighted by Gasteiger charge is -2.48. The lowest BCUT2D eigenvalue weighted by molar-refractivity contribution is -0.151. The molecule has 1 aliphatic heterocycles. The summed E-state index contributed by atoms with van der Waals surface area (Å²) in [7, 11) is -0.854. The Hall–Kier alpha value is -1.11. The molecule has 0 radical (unpaired) electrons. The predicted octanol–water partition coefficient (Wildman–Crippen LogP) is 3.26. The van der Waals surface area contributed by atoms with E-state index in [0.717, 1.165) is 19.3 Å². The smallest absolute Gasteiger partial charge is 0.410 e. The summed E-state index contributed by atoms with van der Waals surface area (Å²) >= 11 is 0. The Morgan fingerprint density at radius 1 is 1.23 bits per heavy atom. The second-order valence-electron chi connectivity index (χ2n) is 9.05. The second kappa shape index (κ2) is 8.28. The van der Waals surface area contributed by atoms with Gasteiger partial charge in [0.1, 0.15) is 11.7 Å². The fourth-order valence-electron chi connectivity index (χ4n) is 3.65. The fraction of sp³-hybridized carbons (Fsp3) is 0.895. The maximum Gasteiger partial charge on any atom is 0.410 e. The van der Waals surface area contributed by atoms with Crippen molar-refractivity contribution in [2.45, 2.75) is 83.2 Å². The van der Waals surface area contributed by atoms with Gasteiger partial charge >= 0.3 is 12.1 Å². The van der Waals surface area contributed by atoms with E-state index >= 15 is 0 Å². The van der Waals surface area contributed by atoms with Gasteiger partial charge in [-0.2, -0.15) is 0 Å². The number of rotatable bonds is 5. The molecule has 3 unspecified atom stereocenters. The van der Waals surface area contributed by atoms with Gasteiger partial charge in [0.15, 0.2) is 0 Å². The van der Waals surface area contributed by atoms with Gasteiger partial charge in [0.2, 0.25) is 0 Å². The fourth-order valence-corrected chi connectivity index (χ4v) is 4.63. The Bertz CT molecular complexity index is 551. The lowest BCUT2D eigenvalue weighted by Crippen LogP contribution is -2.58. The molecule has 6 nitrogen and oxygen atoms in total. The van der Waals surface area contributed by atoms with Gasteiger partial charge in [0.05, 0.1) is 0 Å². The third-order valence-corrected chi connectivity index (χ3v) is 6.44. The van der Waals surface area contributed by atoms with E-state index in [-0.39, 0.29) is 28.8 Å². The number of nitrogens with zero attached hydrogens (tertiary/aromatic N) is 1. The minimum absolute atomic E-state index is 0.0596. The first kappa shape index (κ1) is 21.2. The molecule has 26 heavy (non-hydrogen) atoms. The SMILES string of the molecule is CS(=O)C1CCCC(OC(=O)CCC2(C)CN(C(=O)OC(C)(C)C)C2)C1. The van der Waals surface area contributed by atoms with Gasteiger partial charge in [-0.15, -0.1) is 0 Å². The minimum atomic E-state index is -0.854. The van der Waals surface area contributed by atoms with Crippen LogP contribution in [0.3, 0.4) is 0 Å². The van der Waals surface area contributed by atoms with Crippen LogP contribution in [0.4, 0.5) is 4.79 Å². The van der Waals surface area contributed by atoms with E-state index < -0.39 is 16.4 Å². The van der Waals surface area contributed by atoms with Crippen molar-refractivity contribution in [3.05, 3.63) is 0 Å². The first-order chi connectivity index (χ1) is 12.0. The van der Waals surface area contributed by atoms with Gasteiger partial charge in [0.25, 0.3) is 0 Å². The van der Waals surface area contributed by atoms with E-state index in [2.05, 4.69) is 6.92 Å². The molecule has 0 spiro atoms. The number of ether oxygens (including phenoxy) is 2. The Balaban J connectivity index is 1.70. The van der Waals surface area contributed by atoms with E-state index in [0.29, 0.717) is 32.4 Å². The normalized spacial score (nSPS) is 26.6. The average Bonchev–Trinajstić information content (AvgIpc) is 2.48. The number of hydrogen-bond acceptors (Lipinski definition) is 5. The van der Waals surface area contributed by atoms with Gasteiger partial charge in [-0.3, -0.25) is 9.00 Å². The number of esters is 1. The summed E-state index contributed by atoms with van der Waals surface area (Å²) < 4.78 is 22.6. The molecule has 1 aliphatic carbocycles. The Morgan fingerprint density at radius 2 is 1.88 bits per heavy atom. The van der Waals surface area contributed by atoms with Gasteiger partial charge < -0.3 is 14.4 Å². The van der Waals surface area contributed by atoms with Crippen LogP contribution in [0.1, 0.15) is 66.2 Å². The van der Waals surface area contributed by atoms with Gasteiger partial charge in [-0.1, -0.05) is 6.92 Å². The number of likely N-dealkylation sites (tertiary alicyclic amines) is 1. The predicted molar refractivity (Wildman–Crippen MR) is 101 cm³/mol. The van der Waals surface area contributed by atoms with E-state index in [1.54, 1.807) is 11.2 Å². The average molecular weight is 388 g/mol. The summed E-state index contributed by atoms with van der Waals surface area (Å²) in [6.07, 6.45) is 5.87. The van der Waals surface area contributed by atoms with Crippen LogP contribution >= 0.6 is 0 Å². The van der Waals surface area contributed by atoms with Crippen molar-refractivity contribution in [2.24, 2.45) is 5.41 Å². The molecule has 7 heteroatoms. The highest BCUT2D eigenvalue weighted by atomic mass is 32.2. The Morgan fingerprint density at radius 3 is 2.46 bits per heavy atom. The van der Waals surface area contributed by atoms with E-state index in [1.807, 2.05) is 20.8 Å². The lowest BCUT2D eigenvalue weighted by atomic mass is 9.78. The van der Waals surface area contributed by atoms with Crippen LogP contribution in [-0.4, -0.2) is 57.5 Å². The molecule has 2 aliphatic rings. The van der Waals surface area contributed by atoms with Crippen LogP contribution in [-0.2, 0) is 25.1 Å². The zero-order valence-corrected chi connectivity index (χ0v) is 17.5. The number of carbonyl (C=O) groups excluding carboxylic acids is 2. The highest BCUT2D eigenvalue weighted by Gasteiger charge is 2.43. The molecule has 3 atom stereocenters. The van der Waals surface area contributed by atoms with E-state index in [4.69, 9.17) is 9.47 Å². The van der Waals surface area contributed by atoms with Gasteiger partial charge in [0, 0.05) is 47.2 Å². The molecule has 1 saturated heterocycles. The highest BCUT2D eigenvalue weighted by Crippen LogP contribution is 2.36. The highest BCUT2D eigenvalue weighted by molar-refractivity contribution is 7.84. The summed E-state index contributed by atoms with van der Waals surface area (Å²) in [4.78, 5) is 25.9. The van der Waals surface area contributed by atoms with Crippen molar-refractivity contribution in [3.63, 3.8) is 0 Å². The summed E-state index contributed by atoms with van der Waals surface area (Å²) in [6.45, 7) is 8.85. The largest absolute Gasteiger partial charge is 0.462 e. The van der Waals surface area contributed by atoms with Crippen LogP contribution in [0.25, 0.3) is 0 Å². The first-order valence-electron chi connectivity index (χ1n) is 9.47. The van der Waals surface area contributed by atoms with Crippen LogP contribution < -0.4 is 0 Å². The second-order valence-corrected chi connectivity index (χ2v) is 10.7. The molecule has 0 N–H and O–H groups in total. The third-order valence-electron chi connectivity index (χ3n) is 5.08. The molecule has 2 fully saturated rings. The summed E-state index contributed by atoms with van der Waals surface area (Å²) in [5.41, 5.74) is -0.553. The minimum Gasteiger partial charge on any atom is -0.462 e. The molecule has 0 aromatic heterocycles. The maximum absolute atomic E-state index is 12.2. The number of amides is 1. The monoisotopic (exact) mass is 387 g/mol. The molecule has 150 valence electrons. The quantitative estimate of drug-likeness (QED) is 0.677. The molecular formula is C19H33NO5S. The van der Waals surface area contributed by atoms with E-state index in [9.17, 15) is 13.8 Å². The first-order valence-corrected chi connectivity index (χ1v) is 11.1. The van der Waals surface area contributed by atoms with Crippen molar-refractivity contribution >= 4 is 22.9 Å². The van der Waals surface area contributed by atoms with Crippen molar-refractivity contribution in [3.8, 4) is 0 Å². The van der Waals surface area contributed by atoms with E-state index in [1.165, 1.54) is 0 Å². The Kier molecular flexibility index (Phi) is 6.75.